The zero-order chi connectivity index (χ0) is 2.00. The molecule has 0 unspecified atom stereocenters. The summed E-state index contributed by atoms with van der Waals surface area (Å²) < 4.78 is 0. The molecule has 0 amide bonds. The molecule has 0 aromatic carbocycles. The van der Waals surface area contributed by atoms with E-state index in [2.05, 4.69) is 0 Å². The molecule has 0 rings (SSSR count). The van der Waals surface area contributed by atoms with E-state index >= 15 is 0 Å². The van der Waals surface area contributed by atoms with Gasteiger partial charge >= 0.3 is 0 Å². The molecule has 0 nitrogen and oxygen atoms in total. The largest absolute Gasteiger partial charge is 0.0776 e. The van der Waals surface area contributed by atoms with Gasteiger partial charge in [-0.1, -0.05) is 28.7 Å². The van der Waals surface area contributed by atoms with Gasteiger partial charge in [0.1, 0.15) is 0 Å². The van der Waals surface area contributed by atoms with Gasteiger partial charge in [0, 0.05) is 1.43 Å². The summed E-state index contributed by atoms with van der Waals surface area (Å²) in [4.78, 5) is 0. The van der Waals surface area contributed by atoms with Crippen LogP contribution < -0.4 is 0 Å². The van der Waals surface area contributed by atoms with Crippen LogP contribution in [0.2, 0.25) is 0 Å². The third kappa shape index (κ3) is 0. The maximum absolute atomic E-state index is 2.00. The number of rotatable bonds is 0. The van der Waals surface area contributed by atoms with Crippen molar-refractivity contribution in [2.45, 2.75) is 28.7 Å². The molecule has 0 aromatic rings. The van der Waals surface area contributed by atoms with Gasteiger partial charge in [0.2, 0.25) is 0 Å². The monoisotopic (exact) mass is 64.1 g/mol. The molecule has 0 aromatic heterocycles. The minimum absolute atomic E-state index is 0. The molecule has 0 heterocycles. The van der Waals surface area contributed by atoms with E-state index in [0.717, 1.165) is 0 Å². The number of hydrogen-bond acceptors (Lipinski definition) is 0. The molecule has 0 saturated carbocycles. The normalized spacial score (nSPS) is 1.50. The molecule has 32 valence electrons. The number of hydrogen-bond donors (Lipinski definition) is 0. The van der Waals surface area contributed by atoms with Crippen LogP contribution in [0.4, 0.5) is 0 Å². The van der Waals surface area contributed by atoms with Crippen molar-refractivity contribution < 1.29 is 1.43 Å². The van der Waals surface area contributed by atoms with Crippen molar-refractivity contribution in [3.05, 3.63) is 0 Å². The lowest BCUT2D eigenvalue weighted by Crippen LogP contribution is -0.856. The Morgan fingerprint density at radius 1 is 1.00 bits per heavy atom. The van der Waals surface area contributed by atoms with Crippen LogP contribution in [0.1, 0.15) is 30.1 Å². The van der Waals surface area contributed by atoms with Crippen LogP contribution in [0.3, 0.4) is 0 Å². The average Bonchev–Trinajstić information content (AvgIpc) is 1.00. The molecular formula is C4H16. The van der Waals surface area contributed by atoms with Gasteiger partial charge < -0.3 is 0 Å². The molecule has 0 aliphatic heterocycles. The second kappa shape index (κ2) is 0. The summed E-state index contributed by atoms with van der Waals surface area (Å²) in [5.41, 5.74) is 0. The molecule has 0 saturated heterocycles. The van der Waals surface area contributed by atoms with Crippen molar-refractivity contribution in [3.63, 3.8) is 0 Å². The summed E-state index contributed by atoms with van der Waals surface area (Å²) in [6.07, 6.45) is 0. The van der Waals surface area contributed by atoms with Crippen molar-refractivity contribution in [2.75, 3.05) is 0 Å². The highest BCUT2D eigenvalue weighted by atomic mass is 13.0. The van der Waals surface area contributed by atoms with E-state index in [1.165, 1.54) is 0 Å². The van der Waals surface area contributed by atoms with E-state index in [4.69, 9.17) is 0 Å². The summed E-state index contributed by atoms with van der Waals surface area (Å²) in [7, 11) is 0. The molecule has 0 aliphatic carbocycles. The molecule has 0 heteroatoms. The molecule has 0 bridgehead atoms. The van der Waals surface area contributed by atoms with Gasteiger partial charge in [-0.2, -0.15) is 0 Å². The quantitative estimate of drug-likeness (QED) is 0.406. The van der Waals surface area contributed by atoms with Gasteiger partial charge in [-0.05, 0) is 0 Å². The van der Waals surface area contributed by atoms with Crippen molar-refractivity contribution in [3.8, 4) is 0 Å². The summed E-state index contributed by atoms with van der Waals surface area (Å²) >= 11 is 0. The average molecular weight is 64.2 g/mol. The molecule has 0 radical (unpaired) electrons. The van der Waals surface area contributed by atoms with Gasteiger partial charge in [0.15, 0.2) is 0 Å². The van der Waals surface area contributed by atoms with Crippen molar-refractivity contribution >= 4 is 0 Å². The molecule has 0 atom stereocenters. The molecule has 4 heavy (non-hydrogen) atoms. The first-order valence-electron chi connectivity index (χ1n) is 1.00. The lowest BCUT2D eigenvalue weighted by atomic mass is 11.0. The maximum Gasteiger partial charge on any atom is 0 e. The minimum Gasteiger partial charge on any atom is -0.0776 e. The topological polar surface area (TPSA) is 0 Å². The van der Waals surface area contributed by atoms with E-state index in [0.29, 0.717) is 0 Å². The highest BCUT2D eigenvalue weighted by Crippen LogP contribution is 1.14. The Morgan fingerprint density at radius 3 is 1.00 bits per heavy atom. The van der Waals surface area contributed by atoms with Gasteiger partial charge in [0.25, 0.3) is 0 Å². The first kappa shape index (κ1) is 36.0. The van der Waals surface area contributed by atoms with Gasteiger partial charge in [-0.25, -0.2) is 0 Å². The summed E-state index contributed by atoms with van der Waals surface area (Å²) in [6, 6.07) is 0. The lowest BCUT2D eigenvalue weighted by molar-refractivity contribution is 1.50. The van der Waals surface area contributed by atoms with Gasteiger partial charge in [-0.15, -0.1) is 0 Å². The van der Waals surface area contributed by atoms with E-state index in [1.54, 1.807) is 0 Å². The third-order valence-electron chi connectivity index (χ3n) is 0. The van der Waals surface area contributed by atoms with Crippen molar-refractivity contribution in [1.29, 1.82) is 0 Å². The fraction of sp³-hybridized carbons (Fsp3) is 1.00. The fourth-order valence-corrected chi connectivity index (χ4v) is 0. The Labute approximate surface area is 31.3 Å². The first-order valence-corrected chi connectivity index (χ1v) is 1.00. The smallest absolute Gasteiger partial charge is 0 e. The molecule has 0 spiro atoms. The molecular weight excluding hydrogens is 48.0 g/mol. The van der Waals surface area contributed by atoms with Gasteiger partial charge in [-0.3, -0.25) is 0 Å². The van der Waals surface area contributed by atoms with E-state index < -0.39 is 0 Å². The molecule has 0 aliphatic rings. The predicted molar refractivity (Wildman–Crippen MR) is 26.9 cm³/mol. The lowest BCUT2D eigenvalue weighted by Gasteiger charge is -1.07. The highest BCUT2D eigenvalue weighted by Gasteiger charge is 0.932. The zero-order valence-corrected chi connectivity index (χ0v) is 2.00. The van der Waals surface area contributed by atoms with E-state index in [9.17, 15) is 0 Å². The summed E-state index contributed by atoms with van der Waals surface area (Å²) in [5.74, 6) is 0. The van der Waals surface area contributed by atoms with Crippen LogP contribution in [0.25, 0.3) is 0 Å². The summed E-state index contributed by atoms with van der Waals surface area (Å²) in [5, 5.41) is 0. The zero-order valence-electron chi connectivity index (χ0n) is 2.00. The van der Waals surface area contributed by atoms with Crippen LogP contribution in [-0.4, -0.2) is 0 Å². The SMILES string of the molecule is C.C.CC.[HH]. The van der Waals surface area contributed by atoms with Crippen molar-refractivity contribution in [2.24, 2.45) is 0 Å². The standard InChI is InChI=1S/C2H6.2CH4.H2/c1-2;;;/h1-2H3;2*1H4;1H. The van der Waals surface area contributed by atoms with Crippen LogP contribution >= 0.6 is 0 Å². The Kier molecular flexibility index (Phi) is 0. The third-order valence-corrected chi connectivity index (χ3v) is 0. The Hall–Kier alpha value is 0. The van der Waals surface area contributed by atoms with Crippen LogP contribution in [-0.2, 0) is 0 Å². The predicted octanol–water partition coefficient (Wildman–Crippen LogP) is 2.54. The maximum atomic E-state index is 2.00. The minimum atomic E-state index is 0. The second-order valence-corrected chi connectivity index (χ2v) is 0. The van der Waals surface area contributed by atoms with Crippen LogP contribution in [0.15, 0.2) is 0 Å². The fourth-order valence-electron chi connectivity index (χ4n) is 0. The van der Waals surface area contributed by atoms with Crippen LogP contribution in [0.5, 0.6) is 0 Å². The van der Waals surface area contributed by atoms with Crippen molar-refractivity contribution in [1.82, 2.24) is 0 Å². The van der Waals surface area contributed by atoms with E-state index in [1.807, 2.05) is 13.8 Å². The Balaban J connectivity index is -0.00000000167. The van der Waals surface area contributed by atoms with Gasteiger partial charge in [0.05, 0.1) is 0 Å². The van der Waals surface area contributed by atoms with Crippen LogP contribution in [0, 0.1) is 0 Å². The first-order chi connectivity index (χ1) is 1.00. The van der Waals surface area contributed by atoms with E-state index in [-0.39, 0.29) is 16.3 Å². The molecule has 0 N–H and O–H groups in total. The Morgan fingerprint density at radius 2 is 1.00 bits per heavy atom. The second-order valence-electron chi connectivity index (χ2n) is 0. The highest BCUT2D eigenvalue weighted by molar-refractivity contribution is 3.50. The summed E-state index contributed by atoms with van der Waals surface area (Å²) in [6.45, 7) is 4.00. The molecule has 0 fully saturated rings. The Bertz CT molecular complexity index is 3.61.